The quantitative estimate of drug-likeness (QED) is 0.0460. The monoisotopic (exact) mass is 638 g/mol. The third kappa shape index (κ3) is 33.1. The highest BCUT2D eigenvalue weighted by Crippen LogP contribution is 2.43. The molecule has 0 radical (unpaired) electrons. The maximum atomic E-state index is 12.2. The first-order valence-electron chi connectivity index (χ1n) is 18.0. The van der Waals surface area contributed by atoms with Crippen molar-refractivity contribution in [2.75, 3.05) is 39.6 Å². The van der Waals surface area contributed by atoms with Crippen LogP contribution in [0.5, 0.6) is 0 Å². The summed E-state index contributed by atoms with van der Waals surface area (Å²) in [5.41, 5.74) is 0. The summed E-state index contributed by atoms with van der Waals surface area (Å²) in [4.78, 5) is 9.91. The van der Waals surface area contributed by atoms with Gasteiger partial charge >= 0.3 is 7.82 Å². The molecule has 0 aliphatic rings. The standard InChI is InChI=1S/C34H71O8P/c1-3-5-7-9-11-13-15-17-19-21-23-25-27-39-31-34(32-42-43(37,38)41-30-33(36)29-35)40-28-26-24-22-20-18-16-14-12-10-8-6-4-2/h33-36H,3-32H2,1-2H3,(H,37,38). The van der Waals surface area contributed by atoms with Crippen molar-refractivity contribution in [2.24, 2.45) is 0 Å². The Kier molecular flexibility index (Phi) is 33.3. The first kappa shape index (κ1) is 43.0. The number of aliphatic hydroxyl groups is 2. The van der Waals surface area contributed by atoms with Gasteiger partial charge in [-0.05, 0) is 12.8 Å². The van der Waals surface area contributed by atoms with Crippen molar-refractivity contribution in [1.82, 2.24) is 0 Å². The van der Waals surface area contributed by atoms with Gasteiger partial charge in [0, 0.05) is 13.2 Å². The first-order valence-corrected chi connectivity index (χ1v) is 19.5. The number of rotatable bonds is 36. The second-order valence-electron chi connectivity index (χ2n) is 12.2. The minimum Gasteiger partial charge on any atom is -0.394 e. The molecule has 0 bridgehead atoms. The van der Waals surface area contributed by atoms with Gasteiger partial charge in [0.2, 0.25) is 0 Å². The number of hydrogen-bond donors (Lipinski definition) is 3. The van der Waals surface area contributed by atoms with Gasteiger partial charge in [-0.3, -0.25) is 9.05 Å². The van der Waals surface area contributed by atoms with Crippen LogP contribution in [0.3, 0.4) is 0 Å². The van der Waals surface area contributed by atoms with Gasteiger partial charge in [0.1, 0.15) is 12.2 Å². The molecule has 0 saturated heterocycles. The lowest BCUT2D eigenvalue weighted by Gasteiger charge is -2.20. The fourth-order valence-electron chi connectivity index (χ4n) is 5.04. The summed E-state index contributed by atoms with van der Waals surface area (Å²) in [6.45, 7) is 4.80. The second kappa shape index (κ2) is 33.3. The number of aliphatic hydroxyl groups excluding tert-OH is 2. The van der Waals surface area contributed by atoms with E-state index in [-0.39, 0.29) is 13.2 Å². The predicted octanol–water partition coefficient (Wildman–Crippen LogP) is 9.28. The molecule has 0 aromatic carbocycles. The Morgan fingerprint density at radius 1 is 0.535 bits per heavy atom. The van der Waals surface area contributed by atoms with Crippen molar-refractivity contribution >= 4 is 7.82 Å². The lowest BCUT2D eigenvalue weighted by Crippen LogP contribution is -2.27. The smallest absolute Gasteiger partial charge is 0.394 e. The van der Waals surface area contributed by atoms with E-state index < -0.39 is 33.2 Å². The Morgan fingerprint density at radius 3 is 1.33 bits per heavy atom. The molecule has 0 aromatic rings. The Bertz CT molecular complexity index is 595. The van der Waals surface area contributed by atoms with Crippen molar-refractivity contribution < 1.29 is 38.2 Å². The van der Waals surface area contributed by atoms with Gasteiger partial charge < -0.3 is 24.6 Å². The average Bonchev–Trinajstić information content (AvgIpc) is 3.00. The average molecular weight is 639 g/mol. The highest BCUT2D eigenvalue weighted by atomic mass is 31.2. The van der Waals surface area contributed by atoms with E-state index in [0.717, 1.165) is 25.7 Å². The fraction of sp³-hybridized carbons (Fsp3) is 1.00. The maximum absolute atomic E-state index is 12.2. The van der Waals surface area contributed by atoms with E-state index in [9.17, 15) is 14.6 Å². The Labute approximate surface area is 265 Å². The molecule has 0 heterocycles. The Hall–Kier alpha value is -0.0500. The molecular formula is C34H71O8P. The van der Waals surface area contributed by atoms with E-state index in [2.05, 4.69) is 13.8 Å². The van der Waals surface area contributed by atoms with Gasteiger partial charge in [-0.15, -0.1) is 0 Å². The third-order valence-electron chi connectivity index (χ3n) is 7.86. The van der Waals surface area contributed by atoms with Crippen LogP contribution in [0.25, 0.3) is 0 Å². The highest BCUT2D eigenvalue weighted by Gasteiger charge is 2.25. The van der Waals surface area contributed by atoms with Gasteiger partial charge in [0.25, 0.3) is 0 Å². The summed E-state index contributed by atoms with van der Waals surface area (Å²) in [6, 6.07) is 0. The van der Waals surface area contributed by atoms with Crippen LogP contribution in [-0.2, 0) is 23.1 Å². The predicted molar refractivity (Wildman–Crippen MR) is 178 cm³/mol. The first-order chi connectivity index (χ1) is 20.9. The number of hydrogen-bond acceptors (Lipinski definition) is 7. The maximum Gasteiger partial charge on any atom is 0.472 e. The van der Waals surface area contributed by atoms with E-state index in [1.807, 2.05) is 0 Å². The molecule has 0 aliphatic carbocycles. The van der Waals surface area contributed by atoms with Crippen LogP contribution in [0.4, 0.5) is 0 Å². The largest absolute Gasteiger partial charge is 0.472 e. The van der Waals surface area contributed by atoms with Crippen LogP contribution in [-0.4, -0.2) is 67.0 Å². The number of unbranched alkanes of at least 4 members (excludes halogenated alkanes) is 22. The van der Waals surface area contributed by atoms with Gasteiger partial charge in [0.05, 0.1) is 26.4 Å². The van der Waals surface area contributed by atoms with Gasteiger partial charge in [-0.1, -0.05) is 155 Å². The van der Waals surface area contributed by atoms with Gasteiger partial charge in [-0.2, -0.15) is 0 Å². The van der Waals surface area contributed by atoms with Crippen LogP contribution >= 0.6 is 7.82 Å². The van der Waals surface area contributed by atoms with Crippen LogP contribution in [0, 0.1) is 0 Å². The van der Waals surface area contributed by atoms with Crippen LogP contribution in [0.15, 0.2) is 0 Å². The summed E-state index contributed by atoms with van der Waals surface area (Å²) >= 11 is 0. The number of phosphoric acid groups is 1. The molecule has 0 aromatic heterocycles. The number of ether oxygens (including phenoxy) is 2. The van der Waals surface area contributed by atoms with E-state index in [0.29, 0.717) is 13.2 Å². The zero-order valence-corrected chi connectivity index (χ0v) is 29.1. The van der Waals surface area contributed by atoms with Crippen molar-refractivity contribution in [1.29, 1.82) is 0 Å². The van der Waals surface area contributed by atoms with Crippen LogP contribution < -0.4 is 0 Å². The Balaban J connectivity index is 4.08. The molecule has 3 N–H and O–H groups in total. The number of phosphoric ester groups is 1. The van der Waals surface area contributed by atoms with E-state index >= 15 is 0 Å². The van der Waals surface area contributed by atoms with Crippen molar-refractivity contribution in [3.63, 3.8) is 0 Å². The van der Waals surface area contributed by atoms with Crippen molar-refractivity contribution in [3.05, 3.63) is 0 Å². The summed E-state index contributed by atoms with van der Waals surface area (Å²) in [6.07, 6.45) is 29.0. The normalized spacial score (nSPS) is 14.6. The van der Waals surface area contributed by atoms with E-state index in [1.54, 1.807) is 0 Å². The Morgan fingerprint density at radius 2 is 0.907 bits per heavy atom. The van der Waals surface area contributed by atoms with Gasteiger partial charge in [-0.25, -0.2) is 4.57 Å². The van der Waals surface area contributed by atoms with E-state index in [4.69, 9.17) is 23.6 Å². The SMILES string of the molecule is CCCCCCCCCCCCCCOCC(COP(=O)(O)OCC(O)CO)OCCCCCCCCCCCCCC. The minimum atomic E-state index is -4.37. The van der Waals surface area contributed by atoms with Crippen LogP contribution in [0.2, 0.25) is 0 Å². The summed E-state index contributed by atoms with van der Waals surface area (Å²) in [5, 5.41) is 18.2. The molecule has 0 rings (SSSR count). The fourth-order valence-corrected chi connectivity index (χ4v) is 5.83. The molecule has 3 atom stereocenters. The molecule has 43 heavy (non-hydrogen) atoms. The second-order valence-corrected chi connectivity index (χ2v) is 13.7. The summed E-state index contributed by atoms with van der Waals surface area (Å²) < 4.78 is 33.8. The molecule has 260 valence electrons. The molecule has 0 amide bonds. The molecule has 3 unspecified atom stereocenters. The molecular weight excluding hydrogens is 567 g/mol. The zero-order chi connectivity index (χ0) is 31.7. The molecule has 0 aliphatic heterocycles. The molecule has 0 fully saturated rings. The van der Waals surface area contributed by atoms with Crippen molar-refractivity contribution in [2.45, 2.75) is 180 Å². The molecule has 8 nitrogen and oxygen atoms in total. The van der Waals surface area contributed by atoms with E-state index in [1.165, 1.54) is 128 Å². The summed E-state index contributed by atoms with van der Waals surface area (Å²) in [5.74, 6) is 0. The third-order valence-corrected chi connectivity index (χ3v) is 8.81. The molecule has 9 heteroatoms. The molecule has 0 spiro atoms. The lowest BCUT2D eigenvalue weighted by molar-refractivity contribution is -0.0462. The zero-order valence-electron chi connectivity index (χ0n) is 28.2. The van der Waals surface area contributed by atoms with Gasteiger partial charge in [0.15, 0.2) is 0 Å². The molecule has 0 saturated carbocycles. The van der Waals surface area contributed by atoms with Crippen LogP contribution in [0.1, 0.15) is 168 Å². The highest BCUT2D eigenvalue weighted by molar-refractivity contribution is 7.47. The topological polar surface area (TPSA) is 115 Å². The summed E-state index contributed by atoms with van der Waals surface area (Å²) in [7, 11) is -4.37. The lowest BCUT2D eigenvalue weighted by atomic mass is 10.1. The minimum absolute atomic E-state index is 0.139. The van der Waals surface area contributed by atoms with Crippen molar-refractivity contribution in [3.8, 4) is 0 Å².